The van der Waals surface area contributed by atoms with E-state index in [0.717, 1.165) is 58.8 Å². The molecule has 0 amide bonds. The fourth-order valence-corrected chi connectivity index (χ4v) is 3.93. The van der Waals surface area contributed by atoms with Crippen LogP contribution in [0.5, 0.6) is 0 Å². The second-order valence-corrected chi connectivity index (χ2v) is 9.36. The molecule has 2 heterocycles. The second kappa shape index (κ2) is 9.18. The maximum Gasteiger partial charge on any atom is 0.339 e. The van der Waals surface area contributed by atoms with E-state index in [4.69, 9.17) is 9.72 Å². The molecule has 0 saturated heterocycles. The molecule has 5 nitrogen and oxygen atoms in total. The number of nitrogens with zero attached hydrogens (tertiary/aromatic N) is 3. The van der Waals surface area contributed by atoms with Gasteiger partial charge in [-0.15, -0.1) is 0 Å². The zero-order valence-corrected chi connectivity index (χ0v) is 20.1. The first kappa shape index (κ1) is 22.7. The molecule has 5 heteroatoms. The number of unbranched alkanes of at least 4 members (excludes halogenated alkanes) is 1. The monoisotopic (exact) mass is 441 g/mol. The van der Waals surface area contributed by atoms with Crippen LogP contribution in [-0.2, 0) is 11.2 Å². The number of ether oxygens (including phenoxy) is 1. The van der Waals surface area contributed by atoms with E-state index >= 15 is 0 Å². The zero-order valence-electron chi connectivity index (χ0n) is 20.1. The predicted octanol–water partition coefficient (Wildman–Crippen LogP) is 6.69. The third-order valence-electron chi connectivity index (χ3n) is 5.46. The van der Waals surface area contributed by atoms with Gasteiger partial charge in [0.2, 0.25) is 0 Å². The molecule has 2 aromatic carbocycles. The maximum atomic E-state index is 12.8. The smallest absolute Gasteiger partial charge is 0.339 e. The molecule has 0 unspecified atom stereocenters. The number of carbonyl (C=O) groups excluding carboxylic acids is 1. The van der Waals surface area contributed by atoms with Gasteiger partial charge in [0.25, 0.3) is 0 Å². The molecular weight excluding hydrogens is 410 g/mol. The van der Waals surface area contributed by atoms with Crippen LogP contribution in [0.4, 0.5) is 0 Å². The highest BCUT2D eigenvalue weighted by molar-refractivity contribution is 5.97. The molecule has 4 rings (SSSR count). The van der Waals surface area contributed by atoms with Crippen LogP contribution in [0.3, 0.4) is 0 Å². The first-order valence-electron chi connectivity index (χ1n) is 11.5. The number of rotatable bonds is 6. The Balaban J connectivity index is 1.74. The predicted molar refractivity (Wildman–Crippen MR) is 133 cm³/mol. The van der Waals surface area contributed by atoms with Crippen molar-refractivity contribution in [2.75, 3.05) is 0 Å². The highest BCUT2D eigenvalue weighted by atomic mass is 16.6. The summed E-state index contributed by atoms with van der Waals surface area (Å²) >= 11 is 0. The standard InChI is InChI=1S/C28H31N3O2/c1-6-7-12-25-30-26-24(18-13-19(2)29-26)31(25)21-16-14-20(15-17-21)22-10-8-9-11-23(22)27(32)33-28(3,4)5/h8-11,13-18H,6-7,12H2,1-5H3. The van der Waals surface area contributed by atoms with Gasteiger partial charge in [0, 0.05) is 17.8 Å². The number of aromatic nitrogens is 3. The summed E-state index contributed by atoms with van der Waals surface area (Å²) in [6, 6.07) is 20.0. The minimum Gasteiger partial charge on any atom is -0.456 e. The van der Waals surface area contributed by atoms with Crippen LogP contribution in [-0.4, -0.2) is 26.1 Å². The molecule has 0 aliphatic carbocycles. The van der Waals surface area contributed by atoms with Crippen LogP contribution < -0.4 is 0 Å². The molecular formula is C28H31N3O2. The summed E-state index contributed by atoms with van der Waals surface area (Å²) < 4.78 is 7.82. The average Bonchev–Trinajstić information content (AvgIpc) is 3.14. The Bertz CT molecular complexity index is 1280. The number of pyridine rings is 1. The van der Waals surface area contributed by atoms with Crippen molar-refractivity contribution in [2.45, 2.75) is 59.5 Å². The van der Waals surface area contributed by atoms with E-state index in [0.29, 0.717) is 5.56 Å². The Morgan fingerprint density at radius 1 is 0.970 bits per heavy atom. The van der Waals surface area contributed by atoms with E-state index in [1.165, 1.54) is 0 Å². The van der Waals surface area contributed by atoms with Gasteiger partial charge in [0.1, 0.15) is 11.4 Å². The number of carbonyl (C=O) groups is 1. The number of aryl methyl sites for hydroxylation is 2. The van der Waals surface area contributed by atoms with Crippen molar-refractivity contribution < 1.29 is 9.53 Å². The maximum absolute atomic E-state index is 12.8. The Hall–Kier alpha value is -3.47. The molecule has 0 aliphatic heterocycles. The summed E-state index contributed by atoms with van der Waals surface area (Å²) in [5, 5.41) is 0. The Kier molecular flexibility index (Phi) is 6.32. The Labute approximate surface area is 195 Å². The lowest BCUT2D eigenvalue weighted by molar-refractivity contribution is 0.00704. The normalized spacial score (nSPS) is 11.7. The zero-order chi connectivity index (χ0) is 23.6. The lowest BCUT2D eigenvalue weighted by Gasteiger charge is -2.20. The minimum atomic E-state index is -0.544. The molecule has 0 saturated carbocycles. The number of fused-ring (bicyclic) bond motifs is 1. The first-order valence-corrected chi connectivity index (χ1v) is 11.5. The van der Waals surface area contributed by atoms with Gasteiger partial charge in [-0.1, -0.05) is 43.7 Å². The van der Waals surface area contributed by atoms with Gasteiger partial charge in [-0.2, -0.15) is 0 Å². The highest BCUT2D eigenvalue weighted by Gasteiger charge is 2.21. The summed E-state index contributed by atoms with van der Waals surface area (Å²) in [6.07, 6.45) is 3.08. The minimum absolute atomic E-state index is 0.314. The topological polar surface area (TPSA) is 57.0 Å². The molecule has 170 valence electrons. The number of hydrogen-bond donors (Lipinski definition) is 0. The van der Waals surface area contributed by atoms with Gasteiger partial charge in [0.15, 0.2) is 5.65 Å². The van der Waals surface area contributed by atoms with Crippen molar-refractivity contribution in [2.24, 2.45) is 0 Å². The van der Waals surface area contributed by atoms with E-state index in [-0.39, 0.29) is 5.97 Å². The van der Waals surface area contributed by atoms with Crippen molar-refractivity contribution in [3.8, 4) is 16.8 Å². The van der Waals surface area contributed by atoms with E-state index in [1.807, 2.05) is 58.0 Å². The number of imidazole rings is 1. The SMILES string of the molecule is CCCCc1nc2nc(C)ccc2n1-c1ccc(-c2ccccc2C(=O)OC(C)(C)C)cc1. The van der Waals surface area contributed by atoms with Crippen LogP contribution in [0.25, 0.3) is 28.0 Å². The van der Waals surface area contributed by atoms with Crippen LogP contribution in [0.15, 0.2) is 60.7 Å². The van der Waals surface area contributed by atoms with E-state index in [1.54, 1.807) is 0 Å². The molecule has 0 atom stereocenters. The second-order valence-electron chi connectivity index (χ2n) is 9.36. The van der Waals surface area contributed by atoms with Crippen LogP contribution in [0.2, 0.25) is 0 Å². The van der Waals surface area contributed by atoms with E-state index in [9.17, 15) is 4.79 Å². The summed E-state index contributed by atoms with van der Waals surface area (Å²) in [7, 11) is 0. The summed E-state index contributed by atoms with van der Waals surface area (Å²) in [5.74, 6) is 0.706. The van der Waals surface area contributed by atoms with Crippen LogP contribution >= 0.6 is 0 Å². The van der Waals surface area contributed by atoms with Gasteiger partial charge >= 0.3 is 5.97 Å². The number of esters is 1. The molecule has 0 bridgehead atoms. The Morgan fingerprint density at radius 2 is 1.70 bits per heavy atom. The average molecular weight is 442 g/mol. The van der Waals surface area contributed by atoms with Crippen molar-refractivity contribution >= 4 is 17.1 Å². The molecule has 33 heavy (non-hydrogen) atoms. The number of hydrogen-bond acceptors (Lipinski definition) is 4. The summed E-state index contributed by atoms with van der Waals surface area (Å²) in [4.78, 5) is 22.2. The van der Waals surface area contributed by atoms with Crippen LogP contribution in [0.1, 0.15) is 62.4 Å². The van der Waals surface area contributed by atoms with E-state index < -0.39 is 5.60 Å². The van der Waals surface area contributed by atoms with Crippen molar-refractivity contribution in [1.29, 1.82) is 0 Å². The van der Waals surface area contributed by atoms with Crippen LogP contribution in [0, 0.1) is 6.92 Å². The van der Waals surface area contributed by atoms with Crippen molar-refractivity contribution in [3.05, 3.63) is 77.7 Å². The molecule has 0 N–H and O–H groups in total. The van der Waals surface area contributed by atoms with E-state index in [2.05, 4.69) is 46.8 Å². The molecule has 0 aliphatic rings. The summed E-state index contributed by atoms with van der Waals surface area (Å²) in [6.45, 7) is 9.81. The third-order valence-corrected chi connectivity index (χ3v) is 5.46. The molecule has 4 aromatic rings. The van der Waals surface area contributed by atoms with Crippen molar-refractivity contribution in [1.82, 2.24) is 14.5 Å². The largest absolute Gasteiger partial charge is 0.456 e. The van der Waals surface area contributed by atoms with Gasteiger partial charge in [-0.05, 0) is 75.6 Å². The lowest BCUT2D eigenvalue weighted by atomic mass is 9.99. The molecule has 0 fully saturated rings. The van der Waals surface area contributed by atoms with Crippen molar-refractivity contribution in [3.63, 3.8) is 0 Å². The third kappa shape index (κ3) is 4.98. The first-order chi connectivity index (χ1) is 15.8. The van der Waals surface area contributed by atoms with Gasteiger partial charge in [0.05, 0.1) is 11.1 Å². The lowest BCUT2D eigenvalue weighted by Crippen LogP contribution is -2.24. The molecule has 0 radical (unpaired) electrons. The fraction of sp³-hybridized carbons (Fsp3) is 0.321. The summed E-state index contributed by atoms with van der Waals surface area (Å²) in [5.41, 5.74) is 5.63. The van der Waals surface area contributed by atoms with Gasteiger partial charge < -0.3 is 4.74 Å². The quantitative estimate of drug-likeness (QED) is 0.313. The van der Waals surface area contributed by atoms with Gasteiger partial charge in [-0.3, -0.25) is 4.57 Å². The molecule has 2 aromatic heterocycles. The Morgan fingerprint density at radius 3 is 2.39 bits per heavy atom. The highest BCUT2D eigenvalue weighted by Crippen LogP contribution is 2.28. The molecule has 0 spiro atoms. The fourth-order valence-electron chi connectivity index (χ4n) is 3.93. The number of benzene rings is 2. The van der Waals surface area contributed by atoms with Gasteiger partial charge in [-0.25, -0.2) is 14.8 Å².